The molecule has 1 aromatic heterocycles. The van der Waals surface area contributed by atoms with Crippen molar-refractivity contribution in [2.24, 2.45) is 11.8 Å². The summed E-state index contributed by atoms with van der Waals surface area (Å²) in [5, 5.41) is 0. The Morgan fingerprint density at radius 1 is 1.29 bits per heavy atom. The van der Waals surface area contributed by atoms with Gasteiger partial charge in [-0.2, -0.15) is 0 Å². The van der Waals surface area contributed by atoms with Crippen LogP contribution in [0.5, 0.6) is 0 Å². The maximum atomic E-state index is 5.79. The van der Waals surface area contributed by atoms with Crippen LogP contribution in [0.1, 0.15) is 24.8 Å². The van der Waals surface area contributed by atoms with E-state index in [-0.39, 0.29) is 0 Å². The number of methoxy groups -OCH3 is 1. The van der Waals surface area contributed by atoms with Crippen molar-refractivity contribution in [2.75, 3.05) is 33.3 Å². The lowest BCUT2D eigenvalue weighted by molar-refractivity contribution is -0.0245. The molecule has 0 radical (unpaired) electrons. The van der Waals surface area contributed by atoms with E-state index in [9.17, 15) is 0 Å². The van der Waals surface area contributed by atoms with Crippen molar-refractivity contribution >= 4 is 0 Å². The number of piperidine rings is 1. The van der Waals surface area contributed by atoms with Crippen LogP contribution >= 0.6 is 0 Å². The zero-order valence-electron chi connectivity index (χ0n) is 12.9. The largest absolute Gasteiger partial charge is 0.472 e. The molecule has 3 aliphatic rings. The maximum absolute atomic E-state index is 5.79. The third-order valence-corrected chi connectivity index (χ3v) is 5.54. The van der Waals surface area contributed by atoms with Gasteiger partial charge in [-0.25, -0.2) is 0 Å². The number of nitrogens with zero attached hydrogens (tertiary/aromatic N) is 2. The minimum Gasteiger partial charge on any atom is -0.472 e. The summed E-state index contributed by atoms with van der Waals surface area (Å²) in [7, 11) is 1.89. The highest BCUT2D eigenvalue weighted by molar-refractivity contribution is 5.08. The Kier molecular flexibility index (Phi) is 3.78. The van der Waals surface area contributed by atoms with Crippen molar-refractivity contribution in [3.8, 4) is 0 Å². The SMILES string of the molecule is CO[C@@H]1CCN(Cc2ccoc2)[C@@H]2CN(CC3CC3)C[C@@H]21. The van der Waals surface area contributed by atoms with E-state index >= 15 is 0 Å². The van der Waals surface area contributed by atoms with Gasteiger partial charge in [0.15, 0.2) is 0 Å². The lowest BCUT2D eigenvalue weighted by Crippen LogP contribution is -2.50. The van der Waals surface area contributed by atoms with Gasteiger partial charge >= 0.3 is 0 Å². The van der Waals surface area contributed by atoms with Crippen LogP contribution in [0.15, 0.2) is 23.0 Å². The third kappa shape index (κ3) is 2.89. The van der Waals surface area contributed by atoms with Crippen LogP contribution in [-0.4, -0.2) is 55.2 Å². The summed E-state index contributed by atoms with van der Waals surface area (Å²) in [4.78, 5) is 5.34. The molecule has 1 aliphatic carbocycles. The van der Waals surface area contributed by atoms with Crippen molar-refractivity contribution in [1.82, 2.24) is 9.80 Å². The van der Waals surface area contributed by atoms with Gasteiger partial charge < -0.3 is 14.1 Å². The Bertz CT molecular complexity index is 457. The molecule has 0 aromatic carbocycles. The van der Waals surface area contributed by atoms with Gasteiger partial charge in [0.1, 0.15) is 0 Å². The van der Waals surface area contributed by atoms with Crippen molar-refractivity contribution in [3.63, 3.8) is 0 Å². The second-order valence-corrected chi connectivity index (χ2v) is 7.06. The molecule has 4 rings (SSSR count). The lowest BCUT2D eigenvalue weighted by atomic mass is 9.89. The van der Waals surface area contributed by atoms with Gasteiger partial charge in [0, 0.05) is 57.4 Å². The van der Waals surface area contributed by atoms with Gasteiger partial charge in [-0.1, -0.05) is 0 Å². The molecule has 0 bridgehead atoms. The highest BCUT2D eigenvalue weighted by Crippen LogP contribution is 2.36. The molecular weight excluding hydrogens is 264 g/mol. The fourth-order valence-corrected chi connectivity index (χ4v) is 4.24. The van der Waals surface area contributed by atoms with Gasteiger partial charge in [-0.05, 0) is 31.2 Å². The molecule has 21 heavy (non-hydrogen) atoms. The molecule has 1 aromatic rings. The molecule has 0 spiro atoms. The van der Waals surface area contributed by atoms with Crippen molar-refractivity contribution in [2.45, 2.75) is 38.0 Å². The number of likely N-dealkylation sites (tertiary alicyclic amines) is 2. The van der Waals surface area contributed by atoms with Gasteiger partial charge in [-0.3, -0.25) is 4.90 Å². The van der Waals surface area contributed by atoms with Gasteiger partial charge in [0.05, 0.1) is 18.6 Å². The van der Waals surface area contributed by atoms with Crippen molar-refractivity contribution in [1.29, 1.82) is 0 Å². The van der Waals surface area contributed by atoms with E-state index in [4.69, 9.17) is 9.15 Å². The summed E-state index contributed by atoms with van der Waals surface area (Å²) in [6.07, 6.45) is 8.15. The second-order valence-electron chi connectivity index (χ2n) is 7.06. The molecule has 0 amide bonds. The van der Waals surface area contributed by atoms with Crippen LogP contribution in [-0.2, 0) is 11.3 Å². The molecule has 3 fully saturated rings. The fraction of sp³-hybridized carbons (Fsp3) is 0.765. The first-order valence-corrected chi connectivity index (χ1v) is 8.34. The predicted molar refractivity (Wildman–Crippen MR) is 81.0 cm³/mol. The molecule has 2 saturated heterocycles. The summed E-state index contributed by atoms with van der Waals surface area (Å²) >= 11 is 0. The zero-order valence-corrected chi connectivity index (χ0v) is 12.9. The third-order valence-electron chi connectivity index (χ3n) is 5.54. The summed E-state index contributed by atoms with van der Waals surface area (Å²) in [6.45, 7) is 5.91. The van der Waals surface area contributed by atoms with E-state index in [1.807, 2.05) is 13.4 Å². The molecule has 0 unspecified atom stereocenters. The van der Waals surface area contributed by atoms with E-state index < -0.39 is 0 Å². The molecule has 4 nitrogen and oxygen atoms in total. The Labute approximate surface area is 127 Å². The fourth-order valence-electron chi connectivity index (χ4n) is 4.24. The van der Waals surface area contributed by atoms with Crippen LogP contribution < -0.4 is 0 Å². The quantitative estimate of drug-likeness (QED) is 0.831. The minimum atomic E-state index is 0.444. The highest BCUT2D eigenvalue weighted by atomic mass is 16.5. The molecule has 2 aliphatic heterocycles. The number of furan rings is 1. The van der Waals surface area contributed by atoms with E-state index in [2.05, 4.69) is 15.9 Å². The van der Waals surface area contributed by atoms with Gasteiger partial charge in [-0.15, -0.1) is 0 Å². The summed E-state index contributed by atoms with van der Waals surface area (Å²) in [5.41, 5.74) is 1.30. The second kappa shape index (κ2) is 5.75. The van der Waals surface area contributed by atoms with Gasteiger partial charge in [0.25, 0.3) is 0 Å². The lowest BCUT2D eigenvalue weighted by Gasteiger charge is -2.41. The first kappa shape index (κ1) is 13.8. The standard InChI is InChI=1S/C17H26N2O2/c1-20-17-4-6-19(9-14-5-7-21-12-14)16-11-18(10-15(16)17)8-13-2-3-13/h5,7,12-13,15-17H,2-4,6,8-11H2,1H3/t15-,16+,17+/m0/s1. The van der Waals surface area contributed by atoms with E-state index in [1.54, 1.807) is 6.26 Å². The van der Waals surface area contributed by atoms with Gasteiger partial charge in [0.2, 0.25) is 0 Å². The molecule has 116 valence electrons. The highest BCUT2D eigenvalue weighted by Gasteiger charge is 2.45. The topological polar surface area (TPSA) is 28.9 Å². The normalized spacial score (nSPS) is 34.2. The smallest absolute Gasteiger partial charge is 0.0947 e. The number of hydrogen-bond donors (Lipinski definition) is 0. The van der Waals surface area contributed by atoms with E-state index in [1.165, 1.54) is 38.0 Å². The first-order chi connectivity index (χ1) is 10.3. The van der Waals surface area contributed by atoms with Crippen molar-refractivity contribution in [3.05, 3.63) is 24.2 Å². The Morgan fingerprint density at radius 3 is 2.90 bits per heavy atom. The van der Waals surface area contributed by atoms with E-state index in [0.29, 0.717) is 18.1 Å². The molecule has 4 heteroatoms. The summed E-state index contributed by atoms with van der Waals surface area (Å²) in [6, 6.07) is 2.74. The van der Waals surface area contributed by atoms with Crippen LogP contribution in [0.3, 0.4) is 0 Å². The zero-order chi connectivity index (χ0) is 14.2. The van der Waals surface area contributed by atoms with E-state index in [0.717, 1.165) is 25.4 Å². The Hall–Kier alpha value is -0.840. The number of hydrogen-bond acceptors (Lipinski definition) is 4. The van der Waals surface area contributed by atoms with Crippen LogP contribution in [0.25, 0.3) is 0 Å². The average Bonchev–Trinajstić information content (AvgIpc) is 2.99. The predicted octanol–water partition coefficient (Wildman–Crippen LogP) is 2.21. The number of ether oxygens (including phenoxy) is 1. The van der Waals surface area contributed by atoms with Crippen LogP contribution in [0.4, 0.5) is 0 Å². The first-order valence-electron chi connectivity index (χ1n) is 8.34. The molecule has 3 atom stereocenters. The maximum Gasteiger partial charge on any atom is 0.0947 e. The average molecular weight is 290 g/mol. The van der Waals surface area contributed by atoms with Crippen molar-refractivity contribution < 1.29 is 9.15 Å². The Morgan fingerprint density at radius 2 is 2.19 bits per heavy atom. The van der Waals surface area contributed by atoms with Crippen LogP contribution in [0.2, 0.25) is 0 Å². The minimum absolute atomic E-state index is 0.444. The molecule has 3 heterocycles. The summed E-state index contributed by atoms with van der Waals surface area (Å²) < 4.78 is 11.0. The number of rotatable bonds is 5. The van der Waals surface area contributed by atoms with Crippen LogP contribution in [0, 0.1) is 11.8 Å². The molecule has 0 N–H and O–H groups in total. The molecular formula is C17H26N2O2. The Balaban J connectivity index is 1.45. The summed E-state index contributed by atoms with van der Waals surface area (Å²) in [5.74, 6) is 1.66. The molecule has 1 saturated carbocycles. The monoisotopic (exact) mass is 290 g/mol. The number of fused-ring (bicyclic) bond motifs is 1.